The van der Waals surface area contributed by atoms with Crippen LogP contribution in [0.2, 0.25) is 10.0 Å². The number of rotatable bonds is 8. The molecule has 41 heavy (non-hydrogen) atoms. The second-order valence-corrected chi connectivity index (χ2v) is 13.7. The molecule has 8 nitrogen and oxygen atoms in total. The number of carbonyl (C=O) groups is 2. The van der Waals surface area contributed by atoms with E-state index in [1.54, 1.807) is 24.3 Å². The van der Waals surface area contributed by atoms with Crippen LogP contribution in [0.3, 0.4) is 0 Å². The molecule has 2 saturated carbocycles. The van der Waals surface area contributed by atoms with Crippen LogP contribution in [0, 0.1) is 11.3 Å². The van der Waals surface area contributed by atoms with E-state index in [9.17, 15) is 36.4 Å². The molecule has 5 rings (SSSR count). The Hall–Kier alpha value is -3.01. The fourth-order valence-electron chi connectivity index (χ4n) is 5.15. The van der Waals surface area contributed by atoms with Gasteiger partial charge in [-0.3, -0.25) is 9.59 Å². The van der Waals surface area contributed by atoms with Crippen LogP contribution < -0.4 is 10.1 Å². The first-order valence-corrected chi connectivity index (χ1v) is 15.0. The first-order valence-electron chi connectivity index (χ1n) is 12.7. The minimum Gasteiger partial charge on any atom is -0.484 e. The zero-order chi connectivity index (χ0) is 29.8. The molecule has 1 aliphatic heterocycles. The molecule has 1 N–H and O–H groups in total. The summed E-state index contributed by atoms with van der Waals surface area (Å²) >= 11 is 12.2. The summed E-state index contributed by atoms with van der Waals surface area (Å²) in [5.74, 6) is -1.29. The minimum absolute atomic E-state index is 0.249. The number of nitrogens with one attached hydrogen (secondary N) is 1. The number of sulfone groups is 1. The lowest BCUT2D eigenvalue weighted by molar-refractivity contribution is -0.153. The Labute approximate surface area is 244 Å². The molecule has 0 radical (unpaired) electrons. The maximum Gasteiger partial charge on any atom is 0.422 e. The highest BCUT2D eigenvalue weighted by atomic mass is 35.5. The first kappa shape index (κ1) is 29.5. The number of ether oxygens (including phenoxy) is 1. The number of likely N-dealkylation sites (tertiary alicyclic amines) is 1. The van der Waals surface area contributed by atoms with E-state index in [4.69, 9.17) is 23.2 Å². The Morgan fingerprint density at radius 2 is 1.76 bits per heavy atom. The van der Waals surface area contributed by atoms with Crippen molar-refractivity contribution in [3.05, 3.63) is 58.1 Å². The zero-order valence-corrected chi connectivity index (χ0v) is 23.7. The molecule has 3 aliphatic rings. The summed E-state index contributed by atoms with van der Waals surface area (Å²) in [6, 6.07) is 10.7. The molecule has 2 atom stereocenters. The number of nitriles is 1. The van der Waals surface area contributed by atoms with Crippen molar-refractivity contribution in [3.8, 4) is 11.8 Å². The number of hydrogen-bond acceptors (Lipinski definition) is 6. The van der Waals surface area contributed by atoms with Crippen LogP contribution in [0.5, 0.6) is 5.75 Å². The number of benzene rings is 2. The Kier molecular flexibility index (Phi) is 7.45. The smallest absolute Gasteiger partial charge is 0.422 e. The predicted molar refractivity (Wildman–Crippen MR) is 142 cm³/mol. The molecule has 1 heterocycles. The molecular weight excluding hydrogens is 606 g/mol. The molecule has 218 valence electrons. The van der Waals surface area contributed by atoms with Gasteiger partial charge in [-0.2, -0.15) is 18.4 Å². The maximum absolute atomic E-state index is 14.0. The van der Waals surface area contributed by atoms with E-state index >= 15 is 0 Å². The molecule has 3 fully saturated rings. The summed E-state index contributed by atoms with van der Waals surface area (Å²) in [5.41, 5.74) is -1.26. The number of amides is 2. The summed E-state index contributed by atoms with van der Waals surface area (Å²) in [4.78, 5) is 28.3. The van der Waals surface area contributed by atoms with Gasteiger partial charge in [-0.05, 0) is 61.9 Å². The molecule has 0 aromatic heterocycles. The number of nitrogens with zero attached hydrogens (tertiary/aromatic N) is 2. The van der Waals surface area contributed by atoms with Gasteiger partial charge in [0.1, 0.15) is 17.3 Å². The van der Waals surface area contributed by atoms with Crippen molar-refractivity contribution in [2.75, 3.05) is 13.2 Å². The molecule has 0 spiro atoms. The van der Waals surface area contributed by atoms with Crippen molar-refractivity contribution in [2.45, 2.75) is 65.4 Å². The summed E-state index contributed by atoms with van der Waals surface area (Å²) in [6.45, 7) is -1.89. The molecule has 0 unspecified atom stereocenters. The predicted octanol–water partition coefficient (Wildman–Crippen LogP) is 4.58. The quantitative estimate of drug-likeness (QED) is 0.457. The number of alkyl halides is 3. The standard InChI is InChI=1S/C27H24Cl2F3N3O5S/c28-17-3-1-16(2-4-17)26(9-10-26)24(37)35-13-19(12-21(35)23(36)34-25(14-33)7-8-25)41(38,39)22-6-5-18(11-20(22)29)40-15-27(30,31)32/h1-6,11,19,21H,7-10,12-13,15H2,(H,34,36)/t19-,21+/m1/s1. The van der Waals surface area contributed by atoms with E-state index < -0.39 is 56.7 Å². The van der Waals surface area contributed by atoms with Crippen LogP contribution in [0.25, 0.3) is 0 Å². The summed E-state index contributed by atoms with van der Waals surface area (Å²) in [7, 11) is -4.26. The van der Waals surface area contributed by atoms with E-state index in [1.165, 1.54) is 4.90 Å². The topological polar surface area (TPSA) is 117 Å². The van der Waals surface area contributed by atoms with E-state index in [0.717, 1.165) is 18.2 Å². The number of carbonyl (C=O) groups excluding carboxylic acids is 2. The monoisotopic (exact) mass is 629 g/mol. The van der Waals surface area contributed by atoms with Gasteiger partial charge in [0.05, 0.1) is 26.7 Å². The number of hydrogen-bond donors (Lipinski definition) is 1. The maximum atomic E-state index is 14.0. The second-order valence-electron chi connectivity index (χ2n) is 10.6. The Balaban J connectivity index is 1.43. The highest BCUT2D eigenvalue weighted by molar-refractivity contribution is 7.92. The SMILES string of the molecule is N#CC1(NC(=O)[C@@H]2C[C@@H](S(=O)(=O)c3ccc(OCC(F)(F)F)cc3Cl)CN2C(=O)C2(c3ccc(Cl)cc3)CC2)CC1. The average Bonchev–Trinajstić information content (AvgIpc) is 3.83. The molecule has 14 heteroatoms. The fraction of sp³-hybridized carbons (Fsp3) is 0.444. The molecule has 2 amide bonds. The van der Waals surface area contributed by atoms with Gasteiger partial charge in [-0.15, -0.1) is 0 Å². The molecule has 1 saturated heterocycles. The van der Waals surface area contributed by atoms with E-state index in [0.29, 0.717) is 36.3 Å². The lowest BCUT2D eigenvalue weighted by Gasteiger charge is -2.29. The van der Waals surface area contributed by atoms with Crippen molar-refractivity contribution < 1.29 is 35.9 Å². The third-order valence-corrected chi connectivity index (χ3v) is 10.6. The van der Waals surface area contributed by atoms with Gasteiger partial charge in [0, 0.05) is 17.6 Å². The Morgan fingerprint density at radius 3 is 2.29 bits per heavy atom. The summed E-state index contributed by atoms with van der Waals surface area (Å²) in [5, 5.41) is 11.0. The third kappa shape index (κ3) is 5.85. The highest BCUT2D eigenvalue weighted by Gasteiger charge is 2.58. The van der Waals surface area contributed by atoms with Crippen LogP contribution in [0.1, 0.15) is 37.7 Å². The lowest BCUT2D eigenvalue weighted by Crippen LogP contribution is -2.51. The van der Waals surface area contributed by atoms with E-state index in [1.807, 2.05) is 0 Å². The molecular formula is C27H24Cl2F3N3O5S. The van der Waals surface area contributed by atoms with Crippen LogP contribution in [0.15, 0.2) is 47.4 Å². The van der Waals surface area contributed by atoms with Crippen molar-refractivity contribution in [2.24, 2.45) is 0 Å². The minimum atomic E-state index is -4.60. The average molecular weight is 630 g/mol. The van der Waals surface area contributed by atoms with Gasteiger partial charge in [-0.1, -0.05) is 35.3 Å². The lowest BCUT2D eigenvalue weighted by atomic mass is 9.94. The van der Waals surface area contributed by atoms with Gasteiger partial charge in [-0.25, -0.2) is 8.42 Å². The van der Waals surface area contributed by atoms with Crippen molar-refractivity contribution >= 4 is 44.9 Å². The van der Waals surface area contributed by atoms with Crippen LogP contribution >= 0.6 is 23.2 Å². The van der Waals surface area contributed by atoms with Gasteiger partial charge in [0.2, 0.25) is 11.8 Å². The first-order chi connectivity index (χ1) is 19.2. The summed E-state index contributed by atoms with van der Waals surface area (Å²) in [6.07, 6.45) is -2.94. The fourth-order valence-corrected chi connectivity index (χ4v) is 7.50. The van der Waals surface area contributed by atoms with E-state index in [2.05, 4.69) is 16.1 Å². The molecule has 2 aromatic rings. The van der Waals surface area contributed by atoms with Gasteiger partial charge in [0.25, 0.3) is 0 Å². The zero-order valence-electron chi connectivity index (χ0n) is 21.4. The van der Waals surface area contributed by atoms with Gasteiger partial charge < -0.3 is 15.0 Å². The normalized spacial score (nSPS) is 22.5. The Bertz CT molecular complexity index is 1530. The molecule has 0 bridgehead atoms. The Morgan fingerprint density at radius 1 is 1.10 bits per heavy atom. The van der Waals surface area contributed by atoms with Crippen LogP contribution in [0.4, 0.5) is 13.2 Å². The van der Waals surface area contributed by atoms with Crippen LogP contribution in [-0.2, 0) is 24.8 Å². The second kappa shape index (κ2) is 10.4. The van der Waals surface area contributed by atoms with Crippen molar-refractivity contribution in [3.63, 3.8) is 0 Å². The number of halogens is 5. The highest BCUT2D eigenvalue weighted by Crippen LogP contribution is 2.51. The van der Waals surface area contributed by atoms with Crippen LogP contribution in [-0.4, -0.2) is 61.3 Å². The largest absolute Gasteiger partial charge is 0.484 e. The molecule has 2 aromatic carbocycles. The van der Waals surface area contributed by atoms with E-state index in [-0.39, 0.29) is 28.6 Å². The van der Waals surface area contributed by atoms with Crippen molar-refractivity contribution in [1.29, 1.82) is 5.26 Å². The molecule has 2 aliphatic carbocycles. The van der Waals surface area contributed by atoms with Gasteiger partial charge >= 0.3 is 6.18 Å². The van der Waals surface area contributed by atoms with Crippen molar-refractivity contribution in [1.82, 2.24) is 10.2 Å². The third-order valence-electron chi connectivity index (χ3n) is 7.76. The van der Waals surface area contributed by atoms with Gasteiger partial charge in [0.15, 0.2) is 16.4 Å². The summed E-state index contributed by atoms with van der Waals surface area (Å²) < 4.78 is 69.6.